The van der Waals surface area contributed by atoms with E-state index in [1.54, 1.807) is 0 Å². The number of anilines is 1. The number of carbonyl (C=O) groups excluding carboxylic acids is 1. The Balaban J connectivity index is 1.40. The smallest absolute Gasteiger partial charge is 0.259 e. The Bertz CT molecular complexity index is 1560. The highest BCUT2D eigenvalue weighted by molar-refractivity contribution is 6.05. The van der Waals surface area contributed by atoms with Crippen LogP contribution < -0.4 is 21.1 Å². The number of pyridine rings is 2. The van der Waals surface area contributed by atoms with E-state index in [-0.39, 0.29) is 23.0 Å². The van der Waals surface area contributed by atoms with Gasteiger partial charge >= 0.3 is 0 Å². The minimum absolute atomic E-state index is 0.165. The molecule has 10 nitrogen and oxygen atoms in total. The number of fused-ring (bicyclic) bond motifs is 5. The first-order valence-electron chi connectivity index (χ1n) is 14.1. The normalized spacial score (nSPS) is 17.1. The number of aryl methyl sites for hydroxylation is 1. The van der Waals surface area contributed by atoms with E-state index in [1.165, 1.54) is 12.8 Å². The van der Waals surface area contributed by atoms with Gasteiger partial charge in [0.15, 0.2) is 5.65 Å². The van der Waals surface area contributed by atoms with Gasteiger partial charge in [0.05, 0.1) is 22.5 Å². The zero-order valence-corrected chi connectivity index (χ0v) is 22.8. The summed E-state index contributed by atoms with van der Waals surface area (Å²) in [6.45, 7) is 7.87. The highest BCUT2D eigenvalue weighted by Gasteiger charge is 2.26. The van der Waals surface area contributed by atoms with Crippen molar-refractivity contribution in [2.24, 2.45) is 7.05 Å². The van der Waals surface area contributed by atoms with E-state index in [2.05, 4.69) is 20.6 Å². The monoisotopic (exact) mass is 531 g/mol. The van der Waals surface area contributed by atoms with Crippen molar-refractivity contribution in [1.29, 1.82) is 0 Å². The van der Waals surface area contributed by atoms with Crippen LogP contribution in [0.1, 0.15) is 43.0 Å². The molecule has 0 atom stereocenters. The summed E-state index contributed by atoms with van der Waals surface area (Å²) in [6, 6.07) is 11.7. The Morgan fingerprint density at radius 1 is 1.05 bits per heavy atom. The second-order valence-corrected chi connectivity index (χ2v) is 10.6. The van der Waals surface area contributed by atoms with Gasteiger partial charge in [-0.15, -0.1) is 0 Å². The van der Waals surface area contributed by atoms with Crippen LogP contribution in [0.5, 0.6) is 0 Å². The fourth-order valence-corrected chi connectivity index (χ4v) is 6.04. The van der Waals surface area contributed by atoms with E-state index < -0.39 is 0 Å². The van der Waals surface area contributed by atoms with Gasteiger partial charge in [0, 0.05) is 39.8 Å². The molecule has 6 rings (SSSR count). The maximum absolute atomic E-state index is 13.9. The molecule has 0 radical (unpaired) electrons. The molecule has 2 aliphatic rings. The van der Waals surface area contributed by atoms with Crippen molar-refractivity contribution < 1.29 is 9.63 Å². The lowest BCUT2D eigenvalue weighted by molar-refractivity contribution is -0.0333. The number of likely N-dealkylation sites (tertiary alicyclic amines) is 1. The van der Waals surface area contributed by atoms with Crippen molar-refractivity contribution in [2.45, 2.75) is 38.7 Å². The van der Waals surface area contributed by atoms with Crippen LogP contribution in [-0.2, 0) is 11.9 Å². The molecule has 1 amide bonds. The zero-order chi connectivity index (χ0) is 26.9. The molecule has 206 valence electrons. The van der Waals surface area contributed by atoms with Crippen molar-refractivity contribution in [1.82, 2.24) is 29.6 Å². The summed E-state index contributed by atoms with van der Waals surface area (Å²) in [7, 11) is 1.91. The van der Waals surface area contributed by atoms with Crippen LogP contribution in [0.2, 0.25) is 0 Å². The molecular formula is C29H37N7O3. The maximum atomic E-state index is 13.9. The van der Waals surface area contributed by atoms with Crippen LogP contribution >= 0.6 is 0 Å². The van der Waals surface area contributed by atoms with Crippen LogP contribution in [0, 0.1) is 0 Å². The minimum Gasteiger partial charge on any atom is -0.356 e. The second kappa shape index (κ2) is 11.0. The van der Waals surface area contributed by atoms with E-state index in [9.17, 15) is 9.59 Å². The van der Waals surface area contributed by atoms with Crippen molar-refractivity contribution in [3.63, 3.8) is 0 Å². The number of nitrogens with zero attached hydrogens (tertiary/aromatic N) is 5. The SMILES string of the molecule is CCNOC1CCN(c2ccc3c(=O)c(C(=O)NCCN4CCCC4)c4n(C)c5ccccc5n4c3n2)CC1. The molecule has 1 aromatic carbocycles. The summed E-state index contributed by atoms with van der Waals surface area (Å²) in [4.78, 5) is 42.8. The first-order chi connectivity index (χ1) is 19.1. The lowest BCUT2D eigenvalue weighted by Crippen LogP contribution is -2.39. The minimum atomic E-state index is -0.337. The highest BCUT2D eigenvalue weighted by atomic mass is 16.7. The fourth-order valence-electron chi connectivity index (χ4n) is 6.04. The zero-order valence-electron chi connectivity index (χ0n) is 22.8. The van der Waals surface area contributed by atoms with Gasteiger partial charge in [-0.2, -0.15) is 0 Å². The average molecular weight is 532 g/mol. The number of carbonyl (C=O) groups is 1. The number of para-hydroxylation sites is 2. The van der Waals surface area contributed by atoms with E-state index in [0.717, 1.165) is 69.0 Å². The summed E-state index contributed by atoms with van der Waals surface area (Å²) in [6.07, 6.45) is 4.38. The summed E-state index contributed by atoms with van der Waals surface area (Å²) >= 11 is 0. The molecule has 2 N–H and O–H groups in total. The molecule has 0 spiro atoms. The van der Waals surface area contributed by atoms with Crippen LogP contribution in [0.4, 0.5) is 5.82 Å². The third kappa shape index (κ3) is 4.77. The Labute approximate surface area is 227 Å². The average Bonchev–Trinajstić information content (AvgIpc) is 3.59. The molecule has 2 fully saturated rings. The van der Waals surface area contributed by atoms with E-state index in [0.29, 0.717) is 23.2 Å². The van der Waals surface area contributed by atoms with E-state index >= 15 is 0 Å². The topological polar surface area (TPSA) is 96.1 Å². The number of hydrogen-bond acceptors (Lipinski definition) is 7. The molecule has 0 aliphatic carbocycles. The summed E-state index contributed by atoms with van der Waals surface area (Å²) in [5, 5.41) is 3.47. The number of imidazole rings is 1. The number of nitrogens with one attached hydrogen (secondary N) is 2. The molecular weight excluding hydrogens is 494 g/mol. The van der Waals surface area contributed by atoms with Crippen molar-refractivity contribution in [3.05, 3.63) is 52.2 Å². The van der Waals surface area contributed by atoms with Crippen LogP contribution in [-0.4, -0.2) is 76.7 Å². The maximum Gasteiger partial charge on any atom is 0.259 e. The van der Waals surface area contributed by atoms with Gasteiger partial charge in [0.1, 0.15) is 17.0 Å². The first kappa shape index (κ1) is 25.8. The Morgan fingerprint density at radius 2 is 1.79 bits per heavy atom. The molecule has 5 heterocycles. The Hall–Kier alpha value is -3.47. The number of benzene rings is 1. The first-order valence-corrected chi connectivity index (χ1v) is 14.1. The van der Waals surface area contributed by atoms with Crippen LogP contribution in [0.15, 0.2) is 41.2 Å². The quantitative estimate of drug-likeness (QED) is 0.338. The lowest BCUT2D eigenvalue weighted by Gasteiger charge is -2.32. The predicted molar refractivity (Wildman–Crippen MR) is 153 cm³/mol. The summed E-state index contributed by atoms with van der Waals surface area (Å²) < 4.78 is 3.91. The van der Waals surface area contributed by atoms with Crippen LogP contribution in [0.3, 0.4) is 0 Å². The van der Waals surface area contributed by atoms with Gasteiger partial charge in [0.2, 0.25) is 5.43 Å². The van der Waals surface area contributed by atoms with Gasteiger partial charge in [-0.05, 0) is 63.0 Å². The largest absolute Gasteiger partial charge is 0.356 e. The Kier molecular flexibility index (Phi) is 7.24. The summed E-state index contributed by atoms with van der Waals surface area (Å²) in [5.74, 6) is 0.490. The standard InChI is InChI=1S/C29H37N7O3/c1-3-31-39-20-12-17-35(18-13-20)24-11-10-21-26(37)25(28(38)30-14-19-34-15-6-7-16-34)29-33(2)22-8-4-5-9-23(22)36(29)27(21)32-24/h4-5,8-11,20,31H,3,6-7,12-19H2,1-2H3,(H,30,38). The van der Waals surface area contributed by atoms with Crippen molar-refractivity contribution >= 4 is 39.4 Å². The van der Waals surface area contributed by atoms with E-state index in [4.69, 9.17) is 9.82 Å². The van der Waals surface area contributed by atoms with Gasteiger partial charge in [-0.25, -0.2) is 10.5 Å². The van der Waals surface area contributed by atoms with E-state index in [1.807, 2.05) is 59.3 Å². The molecule has 2 saturated heterocycles. The molecule has 0 unspecified atom stereocenters. The second-order valence-electron chi connectivity index (χ2n) is 10.6. The number of amides is 1. The highest BCUT2D eigenvalue weighted by Crippen LogP contribution is 2.27. The van der Waals surface area contributed by atoms with Gasteiger partial charge < -0.3 is 19.7 Å². The predicted octanol–water partition coefficient (Wildman–Crippen LogP) is 2.67. The molecule has 0 bridgehead atoms. The third-order valence-corrected chi connectivity index (χ3v) is 8.08. The molecule has 2 aliphatic heterocycles. The molecule has 39 heavy (non-hydrogen) atoms. The molecule has 4 aromatic rings. The number of rotatable bonds is 8. The van der Waals surface area contributed by atoms with Crippen molar-refractivity contribution in [2.75, 3.05) is 50.7 Å². The number of piperidine rings is 1. The number of hydrogen-bond donors (Lipinski definition) is 2. The Morgan fingerprint density at radius 3 is 2.54 bits per heavy atom. The molecule has 10 heteroatoms. The fraction of sp³-hybridized carbons (Fsp3) is 0.483. The van der Waals surface area contributed by atoms with Gasteiger partial charge in [-0.3, -0.25) is 18.8 Å². The number of aromatic nitrogens is 3. The van der Waals surface area contributed by atoms with Gasteiger partial charge in [-0.1, -0.05) is 19.1 Å². The third-order valence-electron chi connectivity index (χ3n) is 8.08. The van der Waals surface area contributed by atoms with Gasteiger partial charge in [0.25, 0.3) is 5.91 Å². The van der Waals surface area contributed by atoms with Crippen molar-refractivity contribution in [3.8, 4) is 0 Å². The lowest BCUT2D eigenvalue weighted by atomic mass is 10.1. The summed E-state index contributed by atoms with van der Waals surface area (Å²) in [5.41, 5.74) is 5.84. The molecule has 3 aromatic heterocycles. The van der Waals surface area contributed by atoms with Crippen LogP contribution in [0.25, 0.3) is 27.7 Å². The molecule has 0 saturated carbocycles. The number of hydroxylamine groups is 1.